The van der Waals surface area contributed by atoms with E-state index < -0.39 is 0 Å². The Balaban J connectivity index is -0.0000000112. The van der Waals surface area contributed by atoms with Gasteiger partial charge in [0.25, 0.3) is 0 Å². The van der Waals surface area contributed by atoms with Gasteiger partial charge in [0.1, 0.15) is 0 Å². The molecule has 0 aromatic rings. The van der Waals surface area contributed by atoms with E-state index in [9.17, 15) is 0 Å². The zero-order valence-corrected chi connectivity index (χ0v) is 16.3. The third-order valence-electron chi connectivity index (χ3n) is 0.586. The Morgan fingerprint density at radius 2 is 1.29 bits per heavy atom. The summed E-state index contributed by atoms with van der Waals surface area (Å²) in [5.74, 6) is 0. The second-order valence-corrected chi connectivity index (χ2v) is 3.25. The molecule has 0 aromatic heterocycles. The molecule has 0 aliphatic heterocycles. The summed E-state index contributed by atoms with van der Waals surface area (Å²) in [5, 5.41) is 0. The SMILES string of the molecule is CC(C)(C)[NH-].Cl.Cl.[C-]1=CC=CC1.[CH3-].[CH3-].[CH3-].[CH3-].[Zr]. The molecule has 1 aliphatic carbocycles. The van der Waals surface area contributed by atoms with Crippen molar-refractivity contribution in [2.75, 3.05) is 0 Å². The van der Waals surface area contributed by atoms with Gasteiger partial charge in [0.15, 0.2) is 0 Å². The first-order valence-corrected chi connectivity index (χ1v) is 3.47. The van der Waals surface area contributed by atoms with Crippen molar-refractivity contribution in [2.24, 2.45) is 0 Å². The summed E-state index contributed by atoms with van der Waals surface area (Å²) in [6, 6.07) is 0. The van der Waals surface area contributed by atoms with Crippen LogP contribution in [0.25, 0.3) is 5.73 Å². The minimum atomic E-state index is -0.250. The first kappa shape index (κ1) is 52.2. The summed E-state index contributed by atoms with van der Waals surface area (Å²) in [5.41, 5.74) is 6.69. The molecule has 1 aliphatic rings. The van der Waals surface area contributed by atoms with Gasteiger partial charge >= 0.3 is 0 Å². The molecule has 0 radical (unpaired) electrons. The van der Waals surface area contributed by atoms with Crippen molar-refractivity contribution in [2.45, 2.75) is 32.7 Å². The fourth-order valence-corrected chi connectivity index (χ4v) is 0.340. The summed E-state index contributed by atoms with van der Waals surface area (Å²) in [4.78, 5) is 0. The average molecular weight is 362 g/mol. The number of allylic oxidation sites excluding steroid dienone is 4. The number of hydrogen-bond donors (Lipinski definition) is 0. The summed E-state index contributed by atoms with van der Waals surface area (Å²) in [6.45, 7) is 5.56. The second-order valence-electron chi connectivity index (χ2n) is 3.25. The van der Waals surface area contributed by atoms with E-state index >= 15 is 0 Å². The standard InChI is InChI=1S/C5H5.C4H10N.4CH3.2ClH.Zr/c1-2-4-5-3-1;1-4(2,3)5;;;;;;;/h1-3H,4H2;5H,1-3H3;4*1H3;2*1H;/q6*-1;;;. The Hall–Kier alpha value is 0.903. The van der Waals surface area contributed by atoms with Crippen LogP contribution >= 0.6 is 24.8 Å². The van der Waals surface area contributed by atoms with Crippen LogP contribution in [0, 0.1) is 35.8 Å². The maximum absolute atomic E-state index is 6.94. The van der Waals surface area contributed by atoms with E-state index in [1.165, 1.54) is 0 Å². The van der Waals surface area contributed by atoms with Crippen molar-refractivity contribution in [3.8, 4) is 0 Å². The van der Waals surface area contributed by atoms with E-state index in [1.807, 2.05) is 32.9 Å². The molecule has 0 aromatic carbocycles. The molecule has 1 rings (SSSR count). The normalized spacial score (nSPS) is 8.71. The first-order chi connectivity index (χ1) is 4.50. The molecule has 0 fully saturated rings. The molecule has 4 heteroatoms. The fourth-order valence-electron chi connectivity index (χ4n) is 0.340. The Kier molecular flexibility index (Phi) is 92.6. The van der Waals surface area contributed by atoms with E-state index in [-0.39, 0.29) is 86.3 Å². The van der Waals surface area contributed by atoms with Crippen molar-refractivity contribution >= 4 is 24.8 Å². The molecule has 110 valence electrons. The molecule has 0 spiro atoms. The maximum atomic E-state index is 6.94. The average Bonchev–Trinajstić information content (AvgIpc) is 2.07. The van der Waals surface area contributed by atoms with Gasteiger partial charge in [-0.2, -0.15) is 6.08 Å². The summed E-state index contributed by atoms with van der Waals surface area (Å²) in [7, 11) is 0. The van der Waals surface area contributed by atoms with E-state index in [2.05, 4.69) is 12.2 Å². The van der Waals surface area contributed by atoms with Gasteiger partial charge in [0.2, 0.25) is 0 Å². The fraction of sp³-hybridized carbons (Fsp3) is 0.385. The van der Waals surface area contributed by atoms with E-state index in [0.717, 1.165) is 6.42 Å². The third-order valence-corrected chi connectivity index (χ3v) is 0.586. The zero-order chi connectivity index (χ0) is 8.04. The smallest absolute Gasteiger partial charge is 0 e. The van der Waals surface area contributed by atoms with E-state index in [4.69, 9.17) is 5.73 Å². The van der Waals surface area contributed by atoms with E-state index in [1.54, 1.807) is 0 Å². The molecule has 0 amide bonds. The van der Waals surface area contributed by atoms with Crippen molar-refractivity contribution < 1.29 is 26.2 Å². The van der Waals surface area contributed by atoms with Gasteiger partial charge in [0, 0.05) is 26.2 Å². The van der Waals surface area contributed by atoms with Crippen molar-refractivity contribution in [3.05, 3.63) is 59.7 Å². The zero-order valence-electron chi connectivity index (χ0n) is 12.3. The van der Waals surface area contributed by atoms with Crippen LogP contribution in [-0.4, -0.2) is 5.54 Å². The van der Waals surface area contributed by atoms with Crippen LogP contribution in [0.15, 0.2) is 18.2 Å². The number of nitrogens with one attached hydrogen (secondary N) is 1. The Labute approximate surface area is 143 Å². The molecule has 0 saturated heterocycles. The Morgan fingerprint density at radius 1 is 1.00 bits per heavy atom. The molecule has 0 atom stereocenters. The van der Waals surface area contributed by atoms with Gasteiger partial charge in [-0.05, 0) is 0 Å². The monoisotopic (exact) mass is 359 g/mol. The third kappa shape index (κ3) is 108. The van der Waals surface area contributed by atoms with Crippen molar-refractivity contribution in [3.63, 3.8) is 0 Å². The predicted octanol–water partition coefficient (Wildman–Crippen LogP) is 5.79. The Morgan fingerprint density at radius 3 is 1.35 bits per heavy atom. The molecule has 1 N–H and O–H groups in total. The largest absolute Gasteiger partial charge is 0.673 e. The van der Waals surface area contributed by atoms with Crippen LogP contribution in [-0.2, 0) is 26.2 Å². The van der Waals surface area contributed by atoms with Crippen LogP contribution in [0.3, 0.4) is 0 Å². The van der Waals surface area contributed by atoms with E-state index in [0.29, 0.717) is 0 Å². The van der Waals surface area contributed by atoms with Crippen LogP contribution < -0.4 is 0 Å². The summed E-state index contributed by atoms with van der Waals surface area (Å²) >= 11 is 0. The van der Waals surface area contributed by atoms with Gasteiger partial charge in [-0.25, -0.2) is 12.2 Å². The van der Waals surface area contributed by atoms with Gasteiger partial charge in [-0.3, -0.25) is 6.08 Å². The summed E-state index contributed by atoms with van der Waals surface area (Å²) < 4.78 is 0. The predicted molar refractivity (Wildman–Crippen MR) is 85.8 cm³/mol. The molecule has 0 heterocycles. The number of rotatable bonds is 0. The van der Waals surface area contributed by atoms with Gasteiger partial charge in [0.05, 0.1) is 0 Å². The van der Waals surface area contributed by atoms with Gasteiger partial charge in [-0.1, -0.05) is 20.8 Å². The second kappa shape index (κ2) is 30.2. The van der Waals surface area contributed by atoms with Crippen LogP contribution in [0.5, 0.6) is 0 Å². The van der Waals surface area contributed by atoms with Gasteiger partial charge in [-0.15, -0.1) is 36.8 Å². The van der Waals surface area contributed by atoms with Crippen molar-refractivity contribution in [1.82, 2.24) is 0 Å². The maximum Gasteiger partial charge on any atom is 0 e. The minimum Gasteiger partial charge on any atom is -0.673 e. The topological polar surface area (TPSA) is 23.8 Å². The molecule has 0 bridgehead atoms. The van der Waals surface area contributed by atoms with Crippen LogP contribution in [0.2, 0.25) is 0 Å². The molecule has 1 nitrogen and oxygen atoms in total. The molecule has 0 unspecified atom stereocenters. The Bertz CT molecular complexity index is 125. The minimum absolute atomic E-state index is 0. The first-order valence-electron chi connectivity index (χ1n) is 3.47. The van der Waals surface area contributed by atoms with Gasteiger partial charge < -0.3 is 35.4 Å². The summed E-state index contributed by atoms with van der Waals surface area (Å²) in [6.07, 6.45) is 10.0. The number of hydrogen-bond acceptors (Lipinski definition) is 0. The molecule has 17 heavy (non-hydrogen) atoms. The van der Waals surface area contributed by atoms with Crippen molar-refractivity contribution in [1.29, 1.82) is 0 Å². The van der Waals surface area contributed by atoms with Crippen LogP contribution in [0.4, 0.5) is 0 Å². The molecular formula is C13H29Cl2NZr-6. The molecule has 0 saturated carbocycles. The van der Waals surface area contributed by atoms with Crippen LogP contribution in [0.1, 0.15) is 27.2 Å². The number of halogens is 2. The molecular weight excluding hydrogens is 332 g/mol. The quantitative estimate of drug-likeness (QED) is 0.488.